The standard InChI is InChI=1S/C21H22NO.BrH/c1-22(14-6-7-15-22)16-8-13-21(23)19-11-4-2-9-17(19)18-10-3-5-12-20(18)21;/h2-5,9-12,23H,6-7,14-16H2,1H3;1H/q+1;/p-1. The van der Waals surface area contributed by atoms with Gasteiger partial charge >= 0.3 is 0 Å². The highest BCUT2D eigenvalue weighted by Gasteiger charge is 2.40. The molecule has 1 heterocycles. The summed E-state index contributed by atoms with van der Waals surface area (Å²) in [7, 11) is 2.27. The van der Waals surface area contributed by atoms with E-state index in [1.54, 1.807) is 0 Å². The van der Waals surface area contributed by atoms with E-state index < -0.39 is 5.60 Å². The highest BCUT2D eigenvalue weighted by molar-refractivity contribution is 5.81. The second-order valence-electron chi connectivity index (χ2n) is 7.04. The van der Waals surface area contributed by atoms with Crippen LogP contribution in [-0.2, 0) is 5.60 Å². The Morgan fingerprint density at radius 3 is 2.00 bits per heavy atom. The van der Waals surface area contributed by atoms with Crippen molar-refractivity contribution in [2.45, 2.75) is 18.4 Å². The molecule has 4 rings (SSSR count). The largest absolute Gasteiger partial charge is 1.00 e. The van der Waals surface area contributed by atoms with Gasteiger partial charge in [-0.15, -0.1) is 0 Å². The zero-order chi connectivity index (χ0) is 15.9. The van der Waals surface area contributed by atoms with Gasteiger partial charge in [0.15, 0.2) is 5.60 Å². The zero-order valence-corrected chi connectivity index (χ0v) is 15.5. The van der Waals surface area contributed by atoms with Crippen molar-refractivity contribution in [3.05, 3.63) is 59.7 Å². The van der Waals surface area contributed by atoms with Gasteiger partial charge in [-0.1, -0.05) is 54.5 Å². The number of hydrogen-bond donors (Lipinski definition) is 1. The van der Waals surface area contributed by atoms with Gasteiger partial charge in [-0.25, -0.2) is 0 Å². The molecule has 2 aliphatic rings. The lowest BCUT2D eigenvalue weighted by Gasteiger charge is -2.26. The normalized spacial score (nSPS) is 18.8. The summed E-state index contributed by atoms with van der Waals surface area (Å²) in [6.07, 6.45) is 2.57. The first-order valence-electron chi connectivity index (χ1n) is 8.38. The van der Waals surface area contributed by atoms with E-state index in [2.05, 4.69) is 31.0 Å². The first-order valence-corrected chi connectivity index (χ1v) is 8.38. The molecule has 0 amide bonds. The third kappa shape index (κ3) is 2.69. The monoisotopic (exact) mass is 383 g/mol. The molecular weight excluding hydrogens is 362 g/mol. The van der Waals surface area contributed by atoms with Crippen LogP contribution >= 0.6 is 0 Å². The molecule has 2 nitrogen and oxygen atoms in total. The van der Waals surface area contributed by atoms with E-state index >= 15 is 0 Å². The van der Waals surface area contributed by atoms with Crippen LogP contribution in [0.4, 0.5) is 0 Å². The molecule has 0 saturated carbocycles. The molecule has 0 radical (unpaired) electrons. The maximum atomic E-state index is 11.4. The summed E-state index contributed by atoms with van der Waals surface area (Å²) in [6, 6.07) is 16.1. The van der Waals surface area contributed by atoms with E-state index in [-0.39, 0.29) is 17.0 Å². The van der Waals surface area contributed by atoms with Gasteiger partial charge in [-0.05, 0) is 17.0 Å². The smallest absolute Gasteiger partial charge is 0.178 e. The first kappa shape index (κ1) is 17.2. The van der Waals surface area contributed by atoms with Crippen LogP contribution < -0.4 is 17.0 Å². The molecule has 2 aromatic rings. The van der Waals surface area contributed by atoms with Crippen molar-refractivity contribution in [1.29, 1.82) is 0 Å². The molecule has 0 unspecified atom stereocenters. The molecule has 1 fully saturated rings. The SMILES string of the molecule is C[N+]1(CC#CC2(O)c3ccccc3-c3ccccc32)CCCC1.[Br-]. The van der Waals surface area contributed by atoms with Crippen LogP contribution in [-0.4, -0.2) is 36.3 Å². The second kappa shape index (κ2) is 6.37. The Kier molecular flexibility index (Phi) is 4.57. The predicted octanol–water partition coefficient (Wildman–Crippen LogP) is 0.151. The maximum Gasteiger partial charge on any atom is 0.178 e. The number of rotatable bonds is 1. The van der Waals surface area contributed by atoms with Gasteiger partial charge < -0.3 is 26.6 Å². The van der Waals surface area contributed by atoms with Crippen LogP contribution in [0.1, 0.15) is 24.0 Å². The summed E-state index contributed by atoms with van der Waals surface area (Å²) in [6.45, 7) is 3.20. The second-order valence-corrected chi connectivity index (χ2v) is 7.04. The molecule has 1 saturated heterocycles. The maximum absolute atomic E-state index is 11.4. The summed E-state index contributed by atoms with van der Waals surface area (Å²) < 4.78 is 1.01. The minimum atomic E-state index is -1.17. The number of quaternary nitrogens is 1. The van der Waals surface area contributed by atoms with Crippen molar-refractivity contribution in [3.63, 3.8) is 0 Å². The van der Waals surface area contributed by atoms with Gasteiger partial charge in [0, 0.05) is 24.0 Å². The third-order valence-electron chi connectivity index (χ3n) is 5.30. The molecule has 1 aliphatic heterocycles. The Bertz CT molecular complexity index is 766. The Morgan fingerprint density at radius 2 is 1.46 bits per heavy atom. The summed E-state index contributed by atoms with van der Waals surface area (Å²) in [5.41, 5.74) is 2.85. The van der Waals surface area contributed by atoms with Crippen molar-refractivity contribution in [2.75, 3.05) is 26.7 Å². The number of nitrogens with zero attached hydrogens (tertiary/aromatic N) is 1. The quantitative estimate of drug-likeness (QED) is 0.549. The zero-order valence-electron chi connectivity index (χ0n) is 13.9. The van der Waals surface area contributed by atoms with Crippen molar-refractivity contribution in [3.8, 4) is 23.0 Å². The number of benzene rings is 2. The van der Waals surface area contributed by atoms with Crippen molar-refractivity contribution in [1.82, 2.24) is 0 Å². The molecule has 0 spiro atoms. The predicted molar refractivity (Wildman–Crippen MR) is 92.7 cm³/mol. The first-order chi connectivity index (χ1) is 11.1. The molecule has 0 atom stereocenters. The lowest BCUT2D eigenvalue weighted by Crippen LogP contribution is -3.00. The van der Waals surface area contributed by atoms with E-state index in [0.29, 0.717) is 0 Å². The van der Waals surface area contributed by atoms with Gasteiger partial charge in [0.25, 0.3) is 0 Å². The Hall–Kier alpha value is -1.60. The number of fused-ring (bicyclic) bond motifs is 3. The Balaban J connectivity index is 0.00000169. The van der Waals surface area contributed by atoms with Crippen molar-refractivity contribution >= 4 is 0 Å². The number of halogens is 1. The van der Waals surface area contributed by atoms with Crippen molar-refractivity contribution < 1.29 is 26.6 Å². The van der Waals surface area contributed by atoms with Crippen molar-refractivity contribution in [2.24, 2.45) is 0 Å². The molecule has 0 aromatic heterocycles. The highest BCUT2D eigenvalue weighted by Crippen LogP contribution is 2.46. The van der Waals surface area contributed by atoms with Crippen LogP contribution in [0, 0.1) is 11.8 Å². The third-order valence-corrected chi connectivity index (χ3v) is 5.30. The van der Waals surface area contributed by atoms with Gasteiger partial charge in [-0.2, -0.15) is 0 Å². The van der Waals surface area contributed by atoms with Crippen LogP contribution in [0.15, 0.2) is 48.5 Å². The summed E-state index contributed by atoms with van der Waals surface area (Å²) in [4.78, 5) is 0. The molecule has 1 aliphatic carbocycles. The lowest BCUT2D eigenvalue weighted by molar-refractivity contribution is -0.890. The number of likely N-dealkylation sites (tertiary alicyclic amines) is 1. The van der Waals surface area contributed by atoms with E-state index in [1.807, 2.05) is 36.4 Å². The fraction of sp³-hybridized carbons (Fsp3) is 0.333. The van der Waals surface area contributed by atoms with Crippen LogP contribution in [0.25, 0.3) is 11.1 Å². The van der Waals surface area contributed by atoms with E-state index in [4.69, 9.17) is 0 Å². The minimum Gasteiger partial charge on any atom is -1.00 e. The molecule has 2 aromatic carbocycles. The molecule has 3 heteroatoms. The van der Waals surface area contributed by atoms with Gasteiger partial charge in [-0.3, -0.25) is 0 Å². The average Bonchev–Trinajstić information content (AvgIpc) is 3.10. The Morgan fingerprint density at radius 1 is 0.958 bits per heavy atom. The Labute approximate surface area is 154 Å². The average molecular weight is 384 g/mol. The van der Waals surface area contributed by atoms with E-state index in [0.717, 1.165) is 33.3 Å². The van der Waals surface area contributed by atoms with E-state index in [1.165, 1.54) is 25.9 Å². The van der Waals surface area contributed by atoms with Gasteiger partial charge in [0.1, 0.15) is 6.54 Å². The van der Waals surface area contributed by atoms with Gasteiger partial charge in [0.2, 0.25) is 0 Å². The van der Waals surface area contributed by atoms with Gasteiger partial charge in [0.05, 0.1) is 20.1 Å². The molecule has 1 N–H and O–H groups in total. The summed E-state index contributed by atoms with van der Waals surface area (Å²) in [5.74, 6) is 6.52. The fourth-order valence-electron chi connectivity index (χ4n) is 3.96. The number of hydrogen-bond acceptors (Lipinski definition) is 1. The molecular formula is C21H22BrNO. The summed E-state index contributed by atoms with van der Waals surface area (Å²) >= 11 is 0. The van der Waals surface area contributed by atoms with Crippen LogP contribution in [0.3, 0.4) is 0 Å². The van der Waals surface area contributed by atoms with Crippen LogP contribution in [0.2, 0.25) is 0 Å². The number of aliphatic hydroxyl groups is 1. The fourth-order valence-corrected chi connectivity index (χ4v) is 3.96. The topological polar surface area (TPSA) is 20.2 Å². The highest BCUT2D eigenvalue weighted by atomic mass is 79.9. The van der Waals surface area contributed by atoms with Crippen LogP contribution in [0.5, 0.6) is 0 Å². The lowest BCUT2D eigenvalue weighted by atomic mass is 9.92. The summed E-state index contributed by atoms with van der Waals surface area (Å²) in [5, 5.41) is 11.4. The molecule has 24 heavy (non-hydrogen) atoms. The molecule has 124 valence electrons. The molecule has 0 bridgehead atoms. The van der Waals surface area contributed by atoms with E-state index in [9.17, 15) is 5.11 Å². The minimum absolute atomic E-state index is 0.